The summed E-state index contributed by atoms with van der Waals surface area (Å²) < 4.78 is 0. The molecule has 1 heteroatoms. The van der Waals surface area contributed by atoms with Crippen molar-refractivity contribution in [2.24, 2.45) is 17.6 Å². The molecule has 1 nitrogen and oxygen atoms in total. The SMILES string of the molecule is C=C(CC/C(=C\C)c1c2c(c(CCC/C=C(/C)N)c3ccccc13)=CCCC=2)C1=C2C=CCCC2=C(/C2=C/C=C/C=C\CC(C)CC2)C2=CCCCC21. The molecule has 0 saturated heterocycles. The minimum atomic E-state index is 0.438. The fourth-order valence-electron chi connectivity index (χ4n) is 9.75. The Kier molecular flexibility index (Phi) is 12.0. The van der Waals surface area contributed by atoms with Crippen molar-refractivity contribution >= 4 is 28.5 Å². The van der Waals surface area contributed by atoms with Crippen LogP contribution in [-0.4, -0.2) is 0 Å². The third kappa shape index (κ3) is 7.96. The minimum absolute atomic E-state index is 0.438. The van der Waals surface area contributed by atoms with Gasteiger partial charge < -0.3 is 5.73 Å². The maximum atomic E-state index is 5.98. The van der Waals surface area contributed by atoms with Crippen molar-refractivity contribution in [1.82, 2.24) is 0 Å². The Bertz CT molecular complexity index is 2160. The molecule has 274 valence electrons. The van der Waals surface area contributed by atoms with Crippen LogP contribution in [0.3, 0.4) is 0 Å². The molecule has 0 heterocycles. The van der Waals surface area contributed by atoms with Gasteiger partial charge in [-0.3, -0.25) is 0 Å². The number of rotatable bonds is 10. The van der Waals surface area contributed by atoms with Crippen LogP contribution in [0.5, 0.6) is 0 Å². The Hall–Kier alpha value is -4.36. The summed E-state index contributed by atoms with van der Waals surface area (Å²) in [4.78, 5) is 0. The van der Waals surface area contributed by atoms with Gasteiger partial charge in [0.05, 0.1) is 0 Å². The van der Waals surface area contributed by atoms with Gasteiger partial charge in [-0.1, -0.05) is 116 Å². The molecule has 0 amide bonds. The van der Waals surface area contributed by atoms with E-state index in [0.717, 1.165) is 76.3 Å². The van der Waals surface area contributed by atoms with E-state index in [-0.39, 0.29) is 0 Å². The molecule has 5 aliphatic rings. The maximum Gasteiger partial charge on any atom is 0.0101 e. The number of aryl methyl sites for hydroxylation is 1. The topological polar surface area (TPSA) is 26.0 Å². The molecule has 0 aromatic heterocycles. The summed E-state index contributed by atoms with van der Waals surface area (Å²) in [5, 5.41) is 5.74. The standard InChI is InChI=1S/C52H61N/c1-5-39(51-44-26-14-12-24-42(44)41(23-11-10-21-38(4)53)43-25-13-15-27-45(43)51)35-33-37(3)50-46-28-16-18-30-48(46)52(49-31-19-17-29-47(49)50)40-22-9-7-6-8-20-36(2)32-34-40/h5-9,12,14,16,21-22,24-28,31,36,47H,3,10-11,13,15,17-20,23,29-30,32-35,53H2,1-2,4H3/b8-6-,9-7+,38-21-,39-5+,40-22+. The monoisotopic (exact) mass is 699 g/mol. The van der Waals surface area contributed by atoms with Crippen LogP contribution < -0.4 is 16.2 Å². The summed E-state index contributed by atoms with van der Waals surface area (Å²) in [5.41, 5.74) is 22.0. The summed E-state index contributed by atoms with van der Waals surface area (Å²) in [7, 11) is 0. The van der Waals surface area contributed by atoms with E-state index in [4.69, 9.17) is 12.3 Å². The van der Waals surface area contributed by atoms with E-state index in [0.29, 0.717) is 11.8 Å². The number of unbranched alkanes of at least 4 members (excludes halogenated alkanes) is 1. The third-order valence-electron chi connectivity index (χ3n) is 12.4. The molecule has 0 aliphatic heterocycles. The van der Waals surface area contributed by atoms with E-state index >= 15 is 0 Å². The fraction of sp³-hybridized carbons (Fsp3) is 0.385. The first-order valence-corrected chi connectivity index (χ1v) is 20.8. The van der Waals surface area contributed by atoms with E-state index in [9.17, 15) is 0 Å². The average molecular weight is 700 g/mol. The predicted molar refractivity (Wildman–Crippen MR) is 231 cm³/mol. The molecule has 0 spiro atoms. The molecular weight excluding hydrogens is 639 g/mol. The van der Waals surface area contributed by atoms with Crippen LogP contribution in [0.15, 0.2) is 136 Å². The largest absolute Gasteiger partial charge is 0.403 e. The first-order valence-electron chi connectivity index (χ1n) is 20.8. The van der Waals surface area contributed by atoms with Crippen LogP contribution in [-0.2, 0) is 6.42 Å². The number of hydrogen-bond acceptors (Lipinski definition) is 1. The molecule has 2 atom stereocenters. The van der Waals surface area contributed by atoms with E-state index in [2.05, 4.69) is 111 Å². The zero-order valence-electron chi connectivity index (χ0n) is 32.8. The number of allylic oxidation sites excluding steroid dienone is 19. The van der Waals surface area contributed by atoms with Crippen molar-refractivity contribution in [2.75, 3.05) is 0 Å². The molecule has 2 N–H and O–H groups in total. The molecule has 53 heavy (non-hydrogen) atoms. The lowest BCUT2D eigenvalue weighted by Crippen LogP contribution is -2.34. The van der Waals surface area contributed by atoms with Crippen molar-refractivity contribution < 1.29 is 0 Å². The average Bonchev–Trinajstić information content (AvgIpc) is 3.18. The van der Waals surface area contributed by atoms with Gasteiger partial charge in [0, 0.05) is 11.6 Å². The Balaban J connectivity index is 1.25. The van der Waals surface area contributed by atoms with Crippen LogP contribution in [0.25, 0.3) is 28.5 Å². The van der Waals surface area contributed by atoms with Crippen molar-refractivity contribution in [3.63, 3.8) is 0 Å². The highest BCUT2D eigenvalue weighted by molar-refractivity contribution is 5.97. The quantitative estimate of drug-likeness (QED) is 0.246. The number of nitrogens with two attached hydrogens (primary N) is 1. The smallest absolute Gasteiger partial charge is 0.0101 e. The van der Waals surface area contributed by atoms with E-state index < -0.39 is 0 Å². The minimum Gasteiger partial charge on any atom is -0.403 e. The zero-order valence-corrected chi connectivity index (χ0v) is 32.8. The normalized spacial score (nSPS) is 24.2. The molecule has 0 bridgehead atoms. The molecule has 2 unspecified atom stereocenters. The van der Waals surface area contributed by atoms with Gasteiger partial charge in [0.2, 0.25) is 0 Å². The molecule has 2 aromatic rings. The number of fused-ring (bicyclic) bond motifs is 4. The summed E-state index contributed by atoms with van der Waals surface area (Å²) in [6.45, 7) is 11.6. The van der Waals surface area contributed by atoms with Gasteiger partial charge in [0.15, 0.2) is 0 Å². The molecule has 0 radical (unpaired) electrons. The van der Waals surface area contributed by atoms with Crippen LogP contribution in [0.1, 0.15) is 122 Å². The van der Waals surface area contributed by atoms with Gasteiger partial charge >= 0.3 is 0 Å². The van der Waals surface area contributed by atoms with Crippen molar-refractivity contribution in [3.8, 4) is 0 Å². The van der Waals surface area contributed by atoms with Gasteiger partial charge in [0.1, 0.15) is 0 Å². The van der Waals surface area contributed by atoms with Gasteiger partial charge in [0.25, 0.3) is 0 Å². The summed E-state index contributed by atoms with van der Waals surface area (Å²) >= 11 is 0. The molecule has 5 aliphatic carbocycles. The summed E-state index contributed by atoms with van der Waals surface area (Å²) in [5.74, 6) is 1.13. The summed E-state index contributed by atoms with van der Waals surface area (Å²) in [6.07, 6.45) is 45.5. The highest BCUT2D eigenvalue weighted by atomic mass is 14.5. The van der Waals surface area contributed by atoms with Crippen LogP contribution >= 0.6 is 0 Å². The van der Waals surface area contributed by atoms with Crippen molar-refractivity contribution in [2.45, 2.75) is 117 Å². The van der Waals surface area contributed by atoms with Crippen LogP contribution in [0.2, 0.25) is 0 Å². The molecule has 0 fully saturated rings. The zero-order chi connectivity index (χ0) is 36.7. The van der Waals surface area contributed by atoms with Gasteiger partial charge in [-0.2, -0.15) is 0 Å². The Labute approximate surface area is 319 Å². The summed E-state index contributed by atoms with van der Waals surface area (Å²) in [6, 6.07) is 9.19. The Morgan fingerprint density at radius 2 is 1.74 bits per heavy atom. The number of hydrogen-bond donors (Lipinski definition) is 1. The highest BCUT2D eigenvalue weighted by Crippen LogP contribution is 2.52. The molecular formula is C52H61N. The second kappa shape index (κ2) is 17.2. The predicted octanol–water partition coefficient (Wildman–Crippen LogP) is 12.7. The van der Waals surface area contributed by atoms with Crippen LogP contribution in [0.4, 0.5) is 0 Å². The fourth-order valence-corrected chi connectivity index (χ4v) is 9.75. The van der Waals surface area contributed by atoms with Crippen molar-refractivity contribution in [3.05, 3.63) is 158 Å². The lowest BCUT2D eigenvalue weighted by atomic mass is 9.65. The second-order valence-corrected chi connectivity index (χ2v) is 16.1. The Morgan fingerprint density at radius 1 is 0.906 bits per heavy atom. The third-order valence-corrected chi connectivity index (χ3v) is 12.4. The number of benzene rings is 2. The van der Waals surface area contributed by atoms with E-state index in [1.807, 2.05) is 6.92 Å². The molecule has 0 saturated carbocycles. The van der Waals surface area contributed by atoms with Gasteiger partial charge in [-0.15, -0.1) is 0 Å². The first kappa shape index (κ1) is 37.0. The van der Waals surface area contributed by atoms with Gasteiger partial charge in [-0.25, -0.2) is 0 Å². The van der Waals surface area contributed by atoms with Crippen molar-refractivity contribution in [1.29, 1.82) is 0 Å². The van der Waals surface area contributed by atoms with E-state index in [1.54, 1.807) is 22.3 Å². The van der Waals surface area contributed by atoms with Gasteiger partial charge in [-0.05, 0) is 187 Å². The Morgan fingerprint density at radius 3 is 2.57 bits per heavy atom. The molecule has 7 rings (SSSR count). The molecule has 2 aromatic carbocycles. The maximum absolute atomic E-state index is 5.98. The van der Waals surface area contributed by atoms with E-state index in [1.165, 1.54) is 80.3 Å². The first-order chi connectivity index (χ1) is 26.0. The van der Waals surface area contributed by atoms with Crippen LogP contribution in [0, 0.1) is 11.8 Å². The lowest BCUT2D eigenvalue weighted by Gasteiger charge is -2.39. The lowest BCUT2D eigenvalue weighted by molar-refractivity contribution is 0.535. The second-order valence-electron chi connectivity index (χ2n) is 16.1. The highest BCUT2D eigenvalue weighted by Gasteiger charge is 2.36.